The number of alkyl halides is 3. The van der Waals surface area contributed by atoms with Gasteiger partial charge in [-0.2, -0.15) is 13.2 Å². The molecule has 2 rings (SSSR count). The third-order valence-corrected chi connectivity index (χ3v) is 2.18. The van der Waals surface area contributed by atoms with E-state index in [1.54, 1.807) is 6.92 Å². The largest absolute Gasteiger partial charge is 0.417 e. The molecule has 1 heterocycles. The quantitative estimate of drug-likeness (QED) is 0.648. The zero-order chi connectivity index (χ0) is 11.2. The third-order valence-electron chi connectivity index (χ3n) is 2.18. The molecule has 0 saturated carbocycles. The van der Waals surface area contributed by atoms with E-state index in [9.17, 15) is 17.6 Å². The lowest BCUT2D eigenvalue weighted by Crippen LogP contribution is -2.05. The lowest BCUT2D eigenvalue weighted by molar-refractivity contribution is -0.136. The molecule has 0 aliphatic heterocycles. The molecule has 2 aromatic rings. The summed E-state index contributed by atoms with van der Waals surface area (Å²) in [6.45, 7) is 1.58. The molecule has 0 unspecified atom stereocenters. The molecule has 1 aromatic carbocycles. The number of halogens is 4. The summed E-state index contributed by atoms with van der Waals surface area (Å²) in [6, 6.07) is 2.87. The van der Waals surface area contributed by atoms with Crippen LogP contribution < -0.4 is 0 Å². The standard InChI is InChI=1S/C10H7F4N/c1-5-4-6-7(10(12,13)14)2-3-8(11)9(6)15-5/h2-4,15H,1H3. The van der Waals surface area contributed by atoms with Gasteiger partial charge in [0.25, 0.3) is 0 Å². The van der Waals surface area contributed by atoms with E-state index >= 15 is 0 Å². The first kappa shape index (κ1) is 10.0. The van der Waals surface area contributed by atoms with Gasteiger partial charge in [0.1, 0.15) is 5.82 Å². The number of H-pyrrole nitrogens is 1. The molecule has 1 aromatic heterocycles. The molecular formula is C10H7F4N. The SMILES string of the molecule is Cc1cc2c(C(F)(F)F)ccc(F)c2[nH]1. The van der Waals surface area contributed by atoms with E-state index in [-0.39, 0.29) is 10.9 Å². The molecule has 15 heavy (non-hydrogen) atoms. The maximum Gasteiger partial charge on any atom is 0.417 e. The van der Waals surface area contributed by atoms with Crippen LogP contribution in [-0.2, 0) is 6.18 Å². The van der Waals surface area contributed by atoms with Gasteiger partial charge in [-0.1, -0.05) is 0 Å². The monoisotopic (exact) mass is 217 g/mol. The summed E-state index contributed by atoms with van der Waals surface area (Å²) in [5, 5.41) is -0.125. The van der Waals surface area contributed by atoms with E-state index in [0.717, 1.165) is 12.1 Å². The van der Waals surface area contributed by atoms with Gasteiger partial charge in [0, 0.05) is 11.1 Å². The molecule has 0 aliphatic rings. The maximum atomic E-state index is 13.2. The number of aromatic amines is 1. The highest BCUT2D eigenvalue weighted by Gasteiger charge is 2.33. The number of aromatic nitrogens is 1. The van der Waals surface area contributed by atoms with Crippen molar-refractivity contribution in [1.29, 1.82) is 0 Å². The minimum Gasteiger partial charge on any atom is -0.356 e. The van der Waals surface area contributed by atoms with Crippen molar-refractivity contribution in [2.75, 3.05) is 0 Å². The highest BCUT2D eigenvalue weighted by atomic mass is 19.4. The predicted molar refractivity (Wildman–Crippen MR) is 48.0 cm³/mol. The molecule has 0 aliphatic carbocycles. The Labute approximate surface area is 82.7 Å². The normalized spacial score (nSPS) is 12.3. The van der Waals surface area contributed by atoms with E-state index < -0.39 is 17.6 Å². The second-order valence-electron chi connectivity index (χ2n) is 3.33. The molecule has 1 nitrogen and oxygen atoms in total. The second-order valence-corrected chi connectivity index (χ2v) is 3.33. The first-order valence-electron chi connectivity index (χ1n) is 4.24. The topological polar surface area (TPSA) is 15.8 Å². The van der Waals surface area contributed by atoms with E-state index in [0.29, 0.717) is 5.69 Å². The molecule has 0 spiro atoms. The molecule has 0 amide bonds. The Bertz CT molecular complexity index is 510. The van der Waals surface area contributed by atoms with Gasteiger partial charge in [0.15, 0.2) is 0 Å². The van der Waals surface area contributed by atoms with E-state index in [4.69, 9.17) is 0 Å². The number of nitrogens with one attached hydrogen (secondary N) is 1. The van der Waals surface area contributed by atoms with Crippen molar-refractivity contribution >= 4 is 10.9 Å². The Hall–Kier alpha value is -1.52. The molecule has 1 N–H and O–H groups in total. The van der Waals surface area contributed by atoms with Crippen LogP contribution >= 0.6 is 0 Å². The number of hydrogen-bond acceptors (Lipinski definition) is 0. The van der Waals surface area contributed by atoms with E-state index in [1.165, 1.54) is 6.07 Å². The average molecular weight is 217 g/mol. The second kappa shape index (κ2) is 2.98. The Morgan fingerprint density at radius 3 is 2.47 bits per heavy atom. The van der Waals surface area contributed by atoms with Crippen LogP contribution in [0.1, 0.15) is 11.3 Å². The number of aryl methyl sites for hydroxylation is 1. The fourth-order valence-corrected chi connectivity index (χ4v) is 1.57. The van der Waals surface area contributed by atoms with Crippen LogP contribution in [0.3, 0.4) is 0 Å². The number of benzene rings is 1. The van der Waals surface area contributed by atoms with Crippen LogP contribution in [-0.4, -0.2) is 4.98 Å². The Kier molecular flexibility index (Phi) is 1.99. The minimum atomic E-state index is -4.46. The molecule has 0 saturated heterocycles. The number of fused-ring (bicyclic) bond motifs is 1. The van der Waals surface area contributed by atoms with Gasteiger partial charge in [0.2, 0.25) is 0 Å². The molecular weight excluding hydrogens is 210 g/mol. The van der Waals surface area contributed by atoms with Gasteiger partial charge >= 0.3 is 6.18 Å². The van der Waals surface area contributed by atoms with Crippen LogP contribution in [0.4, 0.5) is 17.6 Å². The first-order chi connectivity index (χ1) is 6.89. The summed E-state index contributed by atoms with van der Waals surface area (Å²) >= 11 is 0. The van der Waals surface area contributed by atoms with Crippen molar-refractivity contribution in [2.24, 2.45) is 0 Å². The van der Waals surface area contributed by atoms with Gasteiger partial charge < -0.3 is 4.98 Å². The summed E-state index contributed by atoms with van der Waals surface area (Å²) < 4.78 is 50.7. The van der Waals surface area contributed by atoms with Crippen molar-refractivity contribution in [2.45, 2.75) is 13.1 Å². The third kappa shape index (κ3) is 1.58. The zero-order valence-corrected chi connectivity index (χ0v) is 7.74. The molecule has 5 heteroatoms. The van der Waals surface area contributed by atoms with Crippen molar-refractivity contribution in [3.05, 3.63) is 35.3 Å². The number of hydrogen-bond donors (Lipinski definition) is 1. The number of rotatable bonds is 0. The Balaban J connectivity index is 2.83. The summed E-state index contributed by atoms with van der Waals surface area (Å²) in [4.78, 5) is 2.56. The zero-order valence-electron chi connectivity index (χ0n) is 7.74. The lowest BCUT2D eigenvalue weighted by atomic mass is 10.1. The molecule has 0 atom stereocenters. The van der Waals surface area contributed by atoms with Crippen molar-refractivity contribution in [1.82, 2.24) is 4.98 Å². The van der Waals surface area contributed by atoms with E-state index in [2.05, 4.69) is 4.98 Å². The summed E-state index contributed by atoms with van der Waals surface area (Å²) in [5.74, 6) is -0.675. The Morgan fingerprint density at radius 2 is 1.87 bits per heavy atom. The first-order valence-corrected chi connectivity index (χ1v) is 4.24. The lowest BCUT2D eigenvalue weighted by Gasteiger charge is -2.07. The minimum absolute atomic E-state index is 0.0951. The smallest absolute Gasteiger partial charge is 0.356 e. The van der Waals surface area contributed by atoms with Gasteiger partial charge in [-0.15, -0.1) is 0 Å². The van der Waals surface area contributed by atoms with Crippen LogP contribution in [0.2, 0.25) is 0 Å². The summed E-state index contributed by atoms with van der Waals surface area (Å²) in [7, 11) is 0. The van der Waals surface area contributed by atoms with Crippen LogP contribution in [0.15, 0.2) is 18.2 Å². The molecule has 0 radical (unpaired) electrons. The van der Waals surface area contributed by atoms with Crippen molar-refractivity contribution < 1.29 is 17.6 Å². The van der Waals surface area contributed by atoms with Crippen LogP contribution in [0.5, 0.6) is 0 Å². The maximum absolute atomic E-state index is 13.2. The van der Waals surface area contributed by atoms with E-state index in [1.807, 2.05) is 0 Å². The molecule has 0 fully saturated rings. The van der Waals surface area contributed by atoms with Gasteiger partial charge in [-0.3, -0.25) is 0 Å². The highest BCUT2D eigenvalue weighted by Crippen LogP contribution is 2.35. The fourth-order valence-electron chi connectivity index (χ4n) is 1.57. The van der Waals surface area contributed by atoms with Gasteiger partial charge in [-0.05, 0) is 25.1 Å². The van der Waals surface area contributed by atoms with Crippen LogP contribution in [0.25, 0.3) is 10.9 Å². The molecule has 0 bridgehead atoms. The van der Waals surface area contributed by atoms with Crippen molar-refractivity contribution in [3.8, 4) is 0 Å². The van der Waals surface area contributed by atoms with Crippen molar-refractivity contribution in [3.63, 3.8) is 0 Å². The van der Waals surface area contributed by atoms with Gasteiger partial charge in [0.05, 0.1) is 11.1 Å². The summed E-state index contributed by atoms with van der Waals surface area (Å²) in [5.41, 5.74) is -0.411. The average Bonchev–Trinajstić information content (AvgIpc) is 2.45. The Morgan fingerprint density at radius 1 is 1.20 bits per heavy atom. The van der Waals surface area contributed by atoms with Gasteiger partial charge in [-0.25, -0.2) is 4.39 Å². The predicted octanol–water partition coefficient (Wildman–Crippen LogP) is 3.63. The fraction of sp³-hybridized carbons (Fsp3) is 0.200. The molecule has 80 valence electrons. The summed E-state index contributed by atoms with van der Waals surface area (Å²) in [6.07, 6.45) is -4.46. The highest BCUT2D eigenvalue weighted by molar-refractivity contribution is 5.85. The van der Waals surface area contributed by atoms with Crippen LogP contribution in [0, 0.1) is 12.7 Å².